The van der Waals surface area contributed by atoms with Gasteiger partial charge in [-0.2, -0.15) is 0 Å². The monoisotopic (exact) mass is 413 g/mol. The van der Waals surface area contributed by atoms with E-state index in [9.17, 15) is 9.18 Å². The van der Waals surface area contributed by atoms with Crippen molar-refractivity contribution >= 4 is 27.5 Å². The van der Waals surface area contributed by atoms with Gasteiger partial charge in [0.2, 0.25) is 0 Å². The molecule has 0 saturated heterocycles. The van der Waals surface area contributed by atoms with Crippen LogP contribution in [0.15, 0.2) is 77.3 Å². The summed E-state index contributed by atoms with van der Waals surface area (Å²) in [7, 11) is 0. The van der Waals surface area contributed by atoms with Gasteiger partial charge in [0.15, 0.2) is 0 Å². The van der Waals surface area contributed by atoms with Gasteiger partial charge in [0.1, 0.15) is 11.6 Å². The van der Waals surface area contributed by atoms with Crippen LogP contribution in [-0.2, 0) is 6.42 Å². The molecule has 0 heterocycles. The van der Waals surface area contributed by atoms with Crippen LogP contribution in [0.3, 0.4) is 0 Å². The number of hydrogen-bond acceptors (Lipinski definition) is 2. The van der Waals surface area contributed by atoms with Gasteiger partial charge >= 0.3 is 0 Å². The van der Waals surface area contributed by atoms with E-state index >= 15 is 0 Å². The highest BCUT2D eigenvalue weighted by Crippen LogP contribution is 2.25. The van der Waals surface area contributed by atoms with E-state index in [4.69, 9.17) is 4.74 Å². The van der Waals surface area contributed by atoms with Gasteiger partial charge in [0.05, 0.1) is 17.9 Å². The summed E-state index contributed by atoms with van der Waals surface area (Å²) in [4.78, 5) is 12.6. The van der Waals surface area contributed by atoms with Gasteiger partial charge < -0.3 is 10.1 Å². The van der Waals surface area contributed by atoms with Crippen LogP contribution in [0.2, 0.25) is 0 Å². The molecule has 0 aromatic heterocycles. The molecule has 0 aliphatic heterocycles. The summed E-state index contributed by atoms with van der Waals surface area (Å²) < 4.78 is 20.3. The second-order valence-corrected chi connectivity index (χ2v) is 6.57. The van der Waals surface area contributed by atoms with Crippen molar-refractivity contribution in [3.63, 3.8) is 0 Å². The molecule has 3 aromatic carbocycles. The van der Waals surface area contributed by atoms with Crippen molar-refractivity contribution in [3.8, 4) is 5.75 Å². The minimum Gasteiger partial charge on any atom is -0.492 e. The normalized spacial score (nSPS) is 10.4. The lowest BCUT2D eigenvalue weighted by atomic mass is 10.1. The quantitative estimate of drug-likeness (QED) is 0.582. The van der Waals surface area contributed by atoms with Crippen LogP contribution in [0.4, 0.5) is 10.1 Å². The molecule has 132 valence electrons. The molecule has 26 heavy (non-hydrogen) atoms. The number of ether oxygens (including phenoxy) is 1. The molecule has 1 N–H and O–H groups in total. The Kier molecular flexibility index (Phi) is 6.02. The van der Waals surface area contributed by atoms with E-state index in [1.165, 1.54) is 12.1 Å². The Hall–Kier alpha value is -2.66. The van der Waals surface area contributed by atoms with Gasteiger partial charge in [0.25, 0.3) is 5.91 Å². The highest BCUT2D eigenvalue weighted by Gasteiger charge is 2.15. The maximum atomic E-state index is 13.8. The lowest BCUT2D eigenvalue weighted by molar-refractivity contribution is 0.102. The van der Waals surface area contributed by atoms with E-state index in [0.29, 0.717) is 17.9 Å². The zero-order chi connectivity index (χ0) is 18.4. The van der Waals surface area contributed by atoms with Gasteiger partial charge in [-0.3, -0.25) is 4.79 Å². The predicted octanol–water partition coefficient (Wildman–Crippen LogP) is 5.46. The molecule has 0 aliphatic rings. The molecular weight excluding hydrogens is 397 g/mol. The summed E-state index contributed by atoms with van der Waals surface area (Å²) in [5, 5.41) is 2.59. The van der Waals surface area contributed by atoms with Crippen molar-refractivity contribution in [2.24, 2.45) is 0 Å². The topological polar surface area (TPSA) is 38.3 Å². The van der Waals surface area contributed by atoms with Crippen molar-refractivity contribution in [2.75, 3.05) is 11.9 Å². The van der Waals surface area contributed by atoms with E-state index in [2.05, 4.69) is 21.2 Å². The van der Waals surface area contributed by atoms with Crippen molar-refractivity contribution in [1.82, 2.24) is 0 Å². The Balaban J connectivity index is 1.73. The van der Waals surface area contributed by atoms with Gasteiger partial charge in [0, 0.05) is 10.9 Å². The van der Waals surface area contributed by atoms with E-state index in [1.807, 2.05) is 30.3 Å². The molecule has 0 radical (unpaired) electrons. The smallest absolute Gasteiger partial charge is 0.259 e. The number of benzene rings is 3. The minimum atomic E-state index is -0.484. The third-order valence-electron chi connectivity index (χ3n) is 3.80. The summed E-state index contributed by atoms with van der Waals surface area (Å²) in [5.74, 6) is -0.452. The molecule has 0 unspecified atom stereocenters. The summed E-state index contributed by atoms with van der Waals surface area (Å²) in [6.07, 6.45) is 0.727. The minimum absolute atomic E-state index is 0.132. The maximum absolute atomic E-state index is 13.8. The summed E-state index contributed by atoms with van der Waals surface area (Å²) >= 11 is 3.36. The maximum Gasteiger partial charge on any atom is 0.259 e. The number of para-hydroxylation sites is 1. The molecule has 0 saturated carbocycles. The lowest BCUT2D eigenvalue weighted by Crippen LogP contribution is -2.15. The third kappa shape index (κ3) is 4.70. The lowest BCUT2D eigenvalue weighted by Gasteiger charge is -2.13. The highest BCUT2D eigenvalue weighted by molar-refractivity contribution is 9.10. The molecule has 0 aliphatic carbocycles. The van der Waals surface area contributed by atoms with Gasteiger partial charge in [-0.25, -0.2) is 4.39 Å². The van der Waals surface area contributed by atoms with E-state index in [-0.39, 0.29) is 5.69 Å². The van der Waals surface area contributed by atoms with Gasteiger partial charge in [-0.15, -0.1) is 0 Å². The molecule has 3 nitrogen and oxygen atoms in total. The predicted molar refractivity (Wildman–Crippen MR) is 104 cm³/mol. The molecular formula is C21H17BrFNO2. The van der Waals surface area contributed by atoms with Gasteiger partial charge in [-0.05, 0) is 35.9 Å². The van der Waals surface area contributed by atoms with Gasteiger partial charge in [-0.1, -0.05) is 58.4 Å². The number of carbonyl (C=O) groups excluding carboxylic acids is 1. The van der Waals surface area contributed by atoms with Crippen LogP contribution >= 0.6 is 15.9 Å². The second kappa shape index (κ2) is 8.63. The van der Waals surface area contributed by atoms with Crippen LogP contribution in [0, 0.1) is 5.82 Å². The van der Waals surface area contributed by atoms with Crippen molar-refractivity contribution in [1.29, 1.82) is 0 Å². The molecule has 3 rings (SSSR count). The van der Waals surface area contributed by atoms with Crippen molar-refractivity contribution in [3.05, 3.63) is 94.2 Å². The fourth-order valence-corrected chi connectivity index (χ4v) is 2.84. The van der Waals surface area contributed by atoms with E-state index in [0.717, 1.165) is 16.5 Å². The number of nitrogens with one attached hydrogen (secondary N) is 1. The zero-order valence-corrected chi connectivity index (χ0v) is 15.5. The Morgan fingerprint density at radius 2 is 1.73 bits per heavy atom. The molecule has 1 amide bonds. The average molecular weight is 414 g/mol. The first kappa shape index (κ1) is 18.1. The molecule has 0 bridgehead atoms. The third-order valence-corrected chi connectivity index (χ3v) is 4.29. The summed E-state index contributed by atoms with van der Waals surface area (Å²) in [6, 6.07) is 21.2. The Morgan fingerprint density at radius 3 is 2.50 bits per heavy atom. The number of anilines is 1. The number of carbonyl (C=O) groups is 1. The fourth-order valence-electron chi connectivity index (χ4n) is 2.48. The summed E-state index contributed by atoms with van der Waals surface area (Å²) in [6.45, 7) is 0.436. The standard InChI is InChI=1S/C21H17BrFNO2/c22-16-10-11-20(26-13-12-15-6-2-1-3-7-15)17(14-16)21(25)24-19-9-5-4-8-18(19)23/h1-11,14H,12-13H2,(H,24,25). The largest absolute Gasteiger partial charge is 0.492 e. The zero-order valence-electron chi connectivity index (χ0n) is 13.9. The first-order valence-electron chi connectivity index (χ1n) is 8.15. The Labute approximate surface area is 159 Å². The van der Waals surface area contributed by atoms with Crippen molar-refractivity contribution in [2.45, 2.75) is 6.42 Å². The SMILES string of the molecule is O=C(Nc1ccccc1F)c1cc(Br)ccc1OCCc1ccccc1. The molecule has 0 atom stereocenters. The number of halogens is 2. The fraction of sp³-hybridized carbons (Fsp3) is 0.0952. The van der Waals surface area contributed by atoms with Crippen LogP contribution in [0.25, 0.3) is 0 Å². The first-order valence-corrected chi connectivity index (χ1v) is 8.95. The summed E-state index contributed by atoms with van der Waals surface area (Å²) in [5.41, 5.74) is 1.63. The Morgan fingerprint density at radius 1 is 1.00 bits per heavy atom. The number of amides is 1. The van der Waals surface area contributed by atoms with Crippen LogP contribution in [-0.4, -0.2) is 12.5 Å². The van der Waals surface area contributed by atoms with E-state index in [1.54, 1.807) is 30.3 Å². The number of rotatable bonds is 6. The highest BCUT2D eigenvalue weighted by atomic mass is 79.9. The van der Waals surface area contributed by atoms with Crippen LogP contribution in [0.1, 0.15) is 15.9 Å². The van der Waals surface area contributed by atoms with Crippen molar-refractivity contribution < 1.29 is 13.9 Å². The van der Waals surface area contributed by atoms with Crippen LogP contribution in [0.5, 0.6) is 5.75 Å². The first-order chi connectivity index (χ1) is 12.6. The molecule has 5 heteroatoms. The average Bonchev–Trinajstić information content (AvgIpc) is 2.65. The van der Waals surface area contributed by atoms with E-state index < -0.39 is 11.7 Å². The molecule has 0 fully saturated rings. The van der Waals surface area contributed by atoms with Crippen LogP contribution < -0.4 is 10.1 Å². The number of hydrogen-bond donors (Lipinski definition) is 1. The molecule has 0 spiro atoms. The Bertz CT molecular complexity index is 900. The second-order valence-electron chi connectivity index (χ2n) is 5.66. The molecule has 3 aromatic rings.